The molecule has 6 rings (SSSR count). The molecule has 0 aromatic heterocycles. The van der Waals surface area contributed by atoms with E-state index in [1.54, 1.807) is 88.4 Å². The SMILES string of the molecule is CC(=O)O[C@H]1C[C@@]2(O)[C@@H](C(=O)c3ccccc3)[C@@H]3[C@]4(OC(C)=O)CO[C@@H]4C[C@H](C(=O)c4ccccc4)[C@@]3(C)[C@@H](OC(C)=O)[C@H](OC(C)=O)C(=C1C)C2(C)C. The summed E-state index contributed by atoms with van der Waals surface area (Å²) in [4.78, 5) is 83.1. The molecule has 4 aliphatic rings. The van der Waals surface area contributed by atoms with Gasteiger partial charge in [0.05, 0.1) is 18.1 Å². The summed E-state index contributed by atoms with van der Waals surface area (Å²) in [7, 11) is 0. The lowest BCUT2D eigenvalue weighted by Crippen LogP contribution is -2.81. The average Bonchev–Trinajstić information content (AvgIpc) is 3.09. The Labute approximate surface area is 314 Å². The zero-order valence-electron chi connectivity index (χ0n) is 31.9. The highest BCUT2D eigenvalue weighted by atomic mass is 16.6. The number of benzene rings is 2. The highest BCUT2D eigenvalue weighted by molar-refractivity contribution is 6.01. The highest BCUT2D eigenvalue weighted by Gasteiger charge is 2.79. The smallest absolute Gasteiger partial charge is 0.303 e. The number of aliphatic hydroxyl groups is 1. The first kappa shape index (κ1) is 39.0. The van der Waals surface area contributed by atoms with Crippen molar-refractivity contribution in [3.63, 3.8) is 0 Å². The molecule has 10 atom stereocenters. The molecule has 12 nitrogen and oxygen atoms in total. The fourth-order valence-corrected chi connectivity index (χ4v) is 10.4. The molecule has 1 aliphatic heterocycles. The molecule has 2 bridgehead atoms. The molecule has 2 saturated carbocycles. The first-order valence-corrected chi connectivity index (χ1v) is 18.3. The van der Waals surface area contributed by atoms with Crippen molar-refractivity contribution in [2.45, 2.75) is 104 Å². The Balaban J connectivity index is 1.81. The van der Waals surface area contributed by atoms with Crippen LogP contribution in [0, 0.1) is 28.6 Å². The Hall–Kier alpha value is -4.68. The number of hydrogen-bond donors (Lipinski definition) is 1. The van der Waals surface area contributed by atoms with Crippen LogP contribution in [-0.4, -0.2) is 82.8 Å². The first-order valence-electron chi connectivity index (χ1n) is 18.3. The van der Waals surface area contributed by atoms with E-state index >= 15 is 9.59 Å². The van der Waals surface area contributed by atoms with Gasteiger partial charge < -0.3 is 28.8 Å². The van der Waals surface area contributed by atoms with Crippen LogP contribution >= 0.6 is 0 Å². The number of carbonyl (C=O) groups excluding carboxylic acids is 6. The predicted octanol–water partition coefficient (Wildman–Crippen LogP) is 5.00. The summed E-state index contributed by atoms with van der Waals surface area (Å²) >= 11 is 0. The minimum absolute atomic E-state index is 0.0270. The van der Waals surface area contributed by atoms with Gasteiger partial charge in [-0.1, -0.05) is 81.4 Å². The topological polar surface area (TPSA) is 169 Å². The summed E-state index contributed by atoms with van der Waals surface area (Å²) in [6, 6.07) is 16.8. The van der Waals surface area contributed by atoms with E-state index in [1.807, 2.05) is 0 Å². The summed E-state index contributed by atoms with van der Waals surface area (Å²) in [5.74, 6) is -7.76. The molecule has 0 amide bonds. The van der Waals surface area contributed by atoms with Gasteiger partial charge in [-0.25, -0.2) is 0 Å². The minimum Gasteiger partial charge on any atom is -0.458 e. The molecular formula is C42H48O12. The average molecular weight is 745 g/mol. The van der Waals surface area contributed by atoms with Crippen molar-refractivity contribution in [2.75, 3.05) is 6.61 Å². The van der Waals surface area contributed by atoms with Crippen LogP contribution in [-0.2, 0) is 42.9 Å². The molecular weight excluding hydrogens is 696 g/mol. The molecule has 0 unspecified atom stereocenters. The van der Waals surface area contributed by atoms with Gasteiger partial charge in [0.25, 0.3) is 0 Å². The van der Waals surface area contributed by atoms with E-state index < -0.39 is 93.9 Å². The second-order valence-electron chi connectivity index (χ2n) is 15.9. The normalized spacial score (nSPS) is 35.0. The number of ether oxygens (including phenoxy) is 5. The van der Waals surface area contributed by atoms with Gasteiger partial charge in [-0.3, -0.25) is 28.8 Å². The van der Waals surface area contributed by atoms with Crippen LogP contribution in [0.3, 0.4) is 0 Å². The number of Topliss-reactive ketones (excluding diaryl/α,β-unsaturated/α-hetero) is 2. The lowest BCUT2D eigenvalue weighted by atomic mass is 9.39. The Morgan fingerprint density at radius 2 is 1.28 bits per heavy atom. The Bertz CT molecular complexity index is 1900. The van der Waals surface area contributed by atoms with Gasteiger partial charge in [-0.2, -0.15) is 0 Å². The van der Waals surface area contributed by atoms with Crippen LogP contribution in [0.25, 0.3) is 0 Å². The van der Waals surface area contributed by atoms with Crippen molar-refractivity contribution in [1.29, 1.82) is 0 Å². The quantitative estimate of drug-likeness (QED) is 0.167. The Morgan fingerprint density at radius 1 is 0.741 bits per heavy atom. The van der Waals surface area contributed by atoms with Gasteiger partial charge in [0.1, 0.15) is 18.3 Å². The van der Waals surface area contributed by atoms with Gasteiger partial charge in [-0.15, -0.1) is 0 Å². The second kappa shape index (κ2) is 13.9. The highest BCUT2D eigenvalue weighted by Crippen LogP contribution is 2.69. The molecule has 54 heavy (non-hydrogen) atoms. The standard InChI is InChI=1S/C42H48O12/c1-22-30(51-23(2)43)20-42(49)33(35(48)28-17-13-10-14-18-28)37-40(8,38(53-25(4)45)36(52-24(3)44)32(22)39(42,6)7)29(34(47)27-15-11-9-12-16-27)19-31-41(37,21-50-31)54-26(5)46/h9-18,29-31,33,36-38,49H,19-21H2,1-8H3/t29-,30+,31-,33+,36-,37+,38+,40-,41+,42-/m1/s1. The monoisotopic (exact) mass is 744 g/mol. The lowest BCUT2D eigenvalue weighted by molar-refractivity contribution is -0.344. The molecule has 12 heteroatoms. The molecule has 2 aromatic rings. The zero-order chi connectivity index (χ0) is 39.5. The van der Waals surface area contributed by atoms with Crippen molar-refractivity contribution in [2.24, 2.45) is 28.6 Å². The van der Waals surface area contributed by atoms with E-state index in [0.717, 1.165) is 0 Å². The first-order chi connectivity index (χ1) is 25.3. The summed E-state index contributed by atoms with van der Waals surface area (Å²) < 4.78 is 30.8. The third-order valence-electron chi connectivity index (χ3n) is 12.6. The molecule has 1 heterocycles. The number of rotatable bonds is 8. The number of ketones is 2. The van der Waals surface area contributed by atoms with Crippen molar-refractivity contribution in [3.8, 4) is 0 Å². The van der Waals surface area contributed by atoms with Crippen molar-refractivity contribution >= 4 is 35.4 Å². The van der Waals surface area contributed by atoms with Crippen molar-refractivity contribution in [3.05, 3.63) is 82.9 Å². The molecule has 3 aliphatic carbocycles. The molecule has 0 spiro atoms. The largest absolute Gasteiger partial charge is 0.458 e. The van der Waals surface area contributed by atoms with Crippen LogP contribution in [0.2, 0.25) is 0 Å². The zero-order valence-corrected chi connectivity index (χ0v) is 31.9. The van der Waals surface area contributed by atoms with Crippen LogP contribution in [0.4, 0.5) is 0 Å². The van der Waals surface area contributed by atoms with Crippen LogP contribution in [0.15, 0.2) is 71.8 Å². The molecule has 3 fully saturated rings. The minimum atomic E-state index is -2.15. The van der Waals surface area contributed by atoms with E-state index in [1.165, 1.54) is 27.7 Å². The maximum Gasteiger partial charge on any atom is 0.303 e. The lowest BCUT2D eigenvalue weighted by Gasteiger charge is -2.70. The summed E-state index contributed by atoms with van der Waals surface area (Å²) in [5, 5.41) is 13.8. The number of hydrogen-bond acceptors (Lipinski definition) is 12. The molecule has 1 N–H and O–H groups in total. The number of esters is 4. The Kier molecular flexibility index (Phi) is 10.0. The van der Waals surface area contributed by atoms with Crippen LogP contribution in [0.5, 0.6) is 0 Å². The van der Waals surface area contributed by atoms with Crippen molar-refractivity contribution < 1.29 is 57.6 Å². The summed E-state index contributed by atoms with van der Waals surface area (Å²) in [5.41, 5.74) is -5.73. The molecule has 1 saturated heterocycles. The van der Waals surface area contributed by atoms with E-state index in [9.17, 15) is 24.3 Å². The summed E-state index contributed by atoms with van der Waals surface area (Å²) in [6.07, 6.45) is -5.33. The number of carbonyl (C=O) groups is 6. The number of fused-ring (bicyclic) bond motifs is 5. The van der Waals surface area contributed by atoms with E-state index in [2.05, 4.69) is 0 Å². The van der Waals surface area contributed by atoms with Gasteiger partial charge in [0.15, 0.2) is 23.3 Å². The van der Waals surface area contributed by atoms with Gasteiger partial charge in [0.2, 0.25) is 0 Å². The fraction of sp³-hybridized carbons (Fsp3) is 0.524. The van der Waals surface area contributed by atoms with E-state index in [0.29, 0.717) is 11.1 Å². The van der Waals surface area contributed by atoms with Gasteiger partial charge in [-0.05, 0) is 24.5 Å². The third kappa shape index (κ3) is 5.98. The Morgan fingerprint density at radius 3 is 1.76 bits per heavy atom. The molecule has 2 aromatic carbocycles. The van der Waals surface area contributed by atoms with Crippen molar-refractivity contribution in [1.82, 2.24) is 0 Å². The molecule has 0 radical (unpaired) electrons. The molecule has 288 valence electrons. The third-order valence-corrected chi connectivity index (χ3v) is 12.6. The van der Waals surface area contributed by atoms with E-state index in [-0.39, 0.29) is 36.4 Å². The van der Waals surface area contributed by atoms with Crippen LogP contribution in [0.1, 0.15) is 88.9 Å². The van der Waals surface area contributed by atoms with E-state index in [4.69, 9.17) is 23.7 Å². The fourth-order valence-electron chi connectivity index (χ4n) is 10.4. The van der Waals surface area contributed by atoms with Gasteiger partial charge >= 0.3 is 23.9 Å². The van der Waals surface area contributed by atoms with Gasteiger partial charge in [0, 0.05) is 67.9 Å². The maximum absolute atomic E-state index is 15.6. The maximum atomic E-state index is 15.6. The predicted molar refractivity (Wildman–Crippen MR) is 192 cm³/mol. The second-order valence-corrected chi connectivity index (χ2v) is 15.9. The summed E-state index contributed by atoms with van der Waals surface area (Å²) in [6.45, 7) is 11.4. The van der Waals surface area contributed by atoms with Crippen LogP contribution < -0.4 is 0 Å².